The van der Waals surface area contributed by atoms with Crippen LogP contribution in [-0.2, 0) is 19.4 Å². The summed E-state index contributed by atoms with van der Waals surface area (Å²) in [5.41, 5.74) is 5.09. The minimum Gasteiger partial charge on any atom is -0.726 e. The molecule has 0 spiro atoms. The second-order valence-electron chi connectivity index (χ2n) is 4.73. The van der Waals surface area contributed by atoms with Crippen molar-refractivity contribution < 1.29 is 26.4 Å². The molecule has 0 bridgehead atoms. The molecule has 1 amide bonds. The van der Waals surface area contributed by atoms with Gasteiger partial charge < -0.3 is 14.8 Å². The summed E-state index contributed by atoms with van der Waals surface area (Å²) in [6.45, 7) is 8.34. The molecule has 0 aromatic carbocycles. The molecular weight excluding hydrogens is 272 g/mol. The SMILES string of the molecule is C=C(C)C(N)=O.CCC[N+](C)(C)C.COS(=O)(=O)[O-]. The second kappa shape index (κ2) is 10.9. The number of amides is 1. The normalized spacial score (nSPS) is 10.5. The maximum atomic E-state index is 9.82. The van der Waals surface area contributed by atoms with Gasteiger partial charge in [-0.05, 0) is 13.3 Å². The molecule has 0 heterocycles. The van der Waals surface area contributed by atoms with E-state index >= 15 is 0 Å². The molecule has 0 saturated heterocycles. The summed E-state index contributed by atoms with van der Waals surface area (Å²) in [4.78, 5) is 9.82. The van der Waals surface area contributed by atoms with Crippen LogP contribution in [-0.4, -0.2) is 58.2 Å². The third-order valence-corrected chi connectivity index (χ3v) is 1.93. The quantitative estimate of drug-likeness (QED) is 0.346. The van der Waals surface area contributed by atoms with Crippen molar-refractivity contribution >= 4 is 16.3 Å². The number of nitrogens with two attached hydrogens (primary N) is 1. The Bertz CT molecular complexity index is 346. The topological polar surface area (TPSA) is 110 Å². The van der Waals surface area contributed by atoms with Crippen LogP contribution < -0.4 is 5.73 Å². The first-order valence-electron chi connectivity index (χ1n) is 5.54. The molecule has 0 aromatic rings. The van der Waals surface area contributed by atoms with Gasteiger partial charge >= 0.3 is 0 Å². The molecule has 0 aliphatic rings. The maximum Gasteiger partial charge on any atom is 0.243 e. The lowest BCUT2D eigenvalue weighted by Crippen LogP contribution is -2.34. The van der Waals surface area contributed by atoms with E-state index in [1.807, 2.05) is 0 Å². The van der Waals surface area contributed by atoms with Gasteiger partial charge in [0.1, 0.15) is 0 Å². The van der Waals surface area contributed by atoms with Crippen molar-refractivity contribution in [3.8, 4) is 0 Å². The Kier molecular flexibility index (Phi) is 13.3. The van der Waals surface area contributed by atoms with Crippen molar-refractivity contribution in [2.75, 3.05) is 34.8 Å². The van der Waals surface area contributed by atoms with Crippen LogP contribution in [0.25, 0.3) is 0 Å². The second-order valence-corrected chi connectivity index (χ2v) is 5.88. The van der Waals surface area contributed by atoms with E-state index in [9.17, 15) is 17.8 Å². The average molecular weight is 298 g/mol. The first-order chi connectivity index (χ1) is 8.26. The van der Waals surface area contributed by atoms with Gasteiger partial charge in [0.25, 0.3) is 0 Å². The molecule has 0 atom stereocenters. The maximum absolute atomic E-state index is 9.82. The van der Waals surface area contributed by atoms with Crippen molar-refractivity contribution in [3.05, 3.63) is 12.2 Å². The third-order valence-electron chi connectivity index (χ3n) is 1.52. The van der Waals surface area contributed by atoms with E-state index < -0.39 is 16.3 Å². The summed E-state index contributed by atoms with van der Waals surface area (Å²) < 4.78 is 32.1. The van der Waals surface area contributed by atoms with Crippen molar-refractivity contribution in [1.82, 2.24) is 0 Å². The zero-order valence-electron chi connectivity index (χ0n) is 12.6. The molecule has 0 aliphatic carbocycles. The van der Waals surface area contributed by atoms with Gasteiger partial charge in [0.2, 0.25) is 16.3 Å². The van der Waals surface area contributed by atoms with Gasteiger partial charge in [-0.25, -0.2) is 8.42 Å². The van der Waals surface area contributed by atoms with E-state index in [-0.39, 0.29) is 0 Å². The van der Waals surface area contributed by atoms with Crippen LogP contribution in [0.1, 0.15) is 20.3 Å². The number of primary amides is 1. The lowest BCUT2D eigenvalue weighted by Gasteiger charge is -2.22. The molecule has 116 valence electrons. The fraction of sp³-hybridized carbons (Fsp3) is 0.727. The highest BCUT2D eigenvalue weighted by Gasteiger charge is 2.01. The molecule has 19 heavy (non-hydrogen) atoms. The third kappa shape index (κ3) is 38.2. The lowest BCUT2D eigenvalue weighted by atomic mass is 10.3. The van der Waals surface area contributed by atoms with Crippen LogP contribution in [0.5, 0.6) is 0 Å². The highest BCUT2D eigenvalue weighted by Crippen LogP contribution is 1.90. The van der Waals surface area contributed by atoms with Crippen LogP contribution in [0.3, 0.4) is 0 Å². The van der Waals surface area contributed by atoms with Gasteiger partial charge in [-0.15, -0.1) is 0 Å². The van der Waals surface area contributed by atoms with Gasteiger partial charge in [0.05, 0.1) is 34.8 Å². The fourth-order valence-electron chi connectivity index (χ4n) is 0.671. The largest absolute Gasteiger partial charge is 0.726 e. The highest BCUT2D eigenvalue weighted by molar-refractivity contribution is 7.80. The predicted octanol–water partition coefficient (Wildman–Crippen LogP) is 0.243. The monoisotopic (exact) mass is 298 g/mol. The standard InChI is InChI=1S/C6H16N.C4H7NO.CH4O4S/c1-5-6-7(2,3)4;1-3(2)4(5)6;1-5-6(2,3)4/h5-6H2,1-4H3;1H2,2H3,(H2,5,6);1H3,(H,2,3,4)/q+1;;/p-1. The van der Waals surface area contributed by atoms with Gasteiger partial charge in [0, 0.05) is 5.57 Å². The molecule has 0 fully saturated rings. The first kappa shape index (κ1) is 23.2. The van der Waals surface area contributed by atoms with Crippen LogP contribution in [0.2, 0.25) is 0 Å². The summed E-state index contributed by atoms with van der Waals surface area (Å²) in [7, 11) is 3.03. The Morgan fingerprint density at radius 1 is 1.37 bits per heavy atom. The molecule has 0 saturated carbocycles. The summed E-state index contributed by atoms with van der Waals surface area (Å²) in [5.74, 6) is -0.435. The van der Waals surface area contributed by atoms with Crippen molar-refractivity contribution in [1.29, 1.82) is 0 Å². The van der Waals surface area contributed by atoms with Crippen LogP contribution in [0, 0.1) is 0 Å². The van der Waals surface area contributed by atoms with Crippen LogP contribution in [0.4, 0.5) is 0 Å². The zero-order valence-corrected chi connectivity index (χ0v) is 13.4. The zero-order chi connectivity index (χ0) is 16.3. The average Bonchev–Trinajstić information content (AvgIpc) is 2.16. The van der Waals surface area contributed by atoms with Crippen molar-refractivity contribution in [2.24, 2.45) is 5.73 Å². The minimum atomic E-state index is -4.41. The molecule has 8 heteroatoms. The molecule has 0 aromatic heterocycles. The molecule has 7 nitrogen and oxygen atoms in total. The van der Waals surface area contributed by atoms with E-state index in [1.54, 1.807) is 6.92 Å². The summed E-state index contributed by atoms with van der Waals surface area (Å²) in [6.07, 6.45) is 1.28. The minimum absolute atomic E-state index is 0.398. The number of nitrogens with zero attached hydrogens (tertiary/aromatic N) is 1. The highest BCUT2D eigenvalue weighted by atomic mass is 32.3. The van der Waals surface area contributed by atoms with Crippen molar-refractivity contribution in [3.63, 3.8) is 0 Å². The number of carbonyl (C=O) groups is 1. The predicted molar refractivity (Wildman–Crippen MR) is 73.9 cm³/mol. The smallest absolute Gasteiger partial charge is 0.243 e. The van der Waals surface area contributed by atoms with Crippen molar-refractivity contribution in [2.45, 2.75) is 20.3 Å². The van der Waals surface area contributed by atoms with E-state index in [2.05, 4.69) is 38.8 Å². The van der Waals surface area contributed by atoms with Crippen LogP contribution in [0.15, 0.2) is 12.2 Å². The Balaban J connectivity index is -0.000000203. The number of hydrogen-bond acceptors (Lipinski definition) is 5. The van der Waals surface area contributed by atoms with E-state index in [1.165, 1.54) is 13.0 Å². The Morgan fingerprint density at radius 3 is 1.63 bits per heavy atom. The summed E-state index contributed by atoms with van der Waals surface area (Å²) in [5, 5.41) is 0. The number of quaternary nitrogens is 1. The molecular formula is C11H26N2O5S. The van der Waals surface area contributed by atoms with Gasteiger partial charge in [-0.3, -0.25) is 8.98 Å². The van der Waals surface area contributed by atoms with Gasteiger partial charge in [-0.1, -0.05) is 13.5 Å². The molecule has 0 aliphatic heterocycles. The summed E-state index contributed by atoms with van der Waals surface area (Å²) in [6, 6.07) is 0. The van der Waals surface area contributed by atoms with E-state index in [0.717, 1.165) is 11.6 Å². The van der Waals surface area contributed by atoms with Crippen LogP contribution >= 0.6 is 0 Å². The molecule has 0 unspecified atom stereocenters. The van der Waals surface area contributed by atoms with E-state index in [4.69, 9.17) is 5.73 Å². The van der Waals surface area contributed by atoms with Gasteiger partial charge in [-0.2, -0.15) is 0 Å². The Labute approximate surface area is 116 Å². The van der Waals surface area contributed by atoms with E-state index in [0.29, 0.717) is 5.57 Å². The first-order valence-corrected chi connectivity index (χ1v) is 6.87. The number of hydrogen-bond donors (Lipinski definition) is 1. The van der Waals surface area contributed by atoms with Gasteiger partial charge in [0.15, 0.2) is 0 Å². The number of rotatable bonds is 4. The Morgan fingerprint density at radius 2 is 1.63 bits per heavy atom. The molecule has 2 N–H and O–H groups in total. The fourth-order valence-corrected chi connectivity index (χ4v) is 0.671. The number of carbonyl (C=O) groups excluding carboxylic acids is 1. The lowest BCUT2D eigenvalue weighted by molar-refractivity contribution is -0.870. The molecule has 0 rings (SSSR count). The Hall–Kier alpha value is -0.960. The summed E-state index contributed by atoms with van der Waals surface area (Å²) >= 11 is 0. The molecule has 0 radical (unpaired) electrons.